The van der Waals surface area contributed by atoms with Gasteiger partial charge in [-0.05, 0) is 19.1 Å². The molecule has 1 aromatic heterocycles. The number of pyridine rings is 1. The van der Waals surface area contributed by atoms with Crippen molar-refractivity contribution in [3.05, 3.63) is 24.0 Å². The predicted octanol–water partition coefficient (Wildman–Crippen LogP) is 2.07. The van der Waals surface area contributed by atoms with Crippen molar-refractivity contribution in [2.75, 3.05) is 38.9 Å². The third kappa shape index (κ3) is 6.42. The van der Waals surface area contributed by atoms with Gasteiger partial charge in [-0.25, -0.2) is 0 Å². The number of methoxy groups -OCH3 is 2. The van der Waals surface area contributed by atoms with Gasteiger partial charge in [0.1, 0.15) is 0 Å². The van der Waals surface area contributed by atoms with Crippen LogP contribution < -0.4 is 10.2 Å². The minimum Gasteiger partial charge on any atom is -0.383 e. The SMILES string of the molecule is COCCN(c1ccnc(CNC(C)C)c1)C(C)COC. The fourth-order valence-corrected chi connectivity index (χ4v) is 2.17. The van der Waals surface area contributed by atoms with Gasteiger partial charge in [0.25, 0.3) is 0 Å². The third-order valence-corrected chi connectivity index (χ3v) is 3.30. The summed E-state index contributed by atoms with van der Waals surface area (Å²) in [6.07, 6.45) is 1.87. The van der Waals surface area contributed by atoms with E-state index in [9.17, 15) is 0 Å². The van der Waals surface area contributed by atoms with Gasteiger partial charge >= 0.3 is 0 Å². The molecular weight excluding hydrogens is 266 g/mol. The van der Waals surface area contributed by atoms with Gasteiger partial charge < -0.3 is 19.7 Å². The van der Waals surface area contributed by atoms with Gasteiger partial charge in [-0.3, -0.25) is 4.98 Å². The number of anilines is 1. The van der Waals surface area contributed by atoms with Gasteiger partial charge in [0.05, 0.1) is 18.9 Å². The molecule has 1 aromatic rings. The number of hydrogen-bond donors (Lipinski definition) is 1. The highest BCUT2D eigenvalue weighted by atomic mass is 16.5. The van der Waals surface area contributed by atoms with Crippen LogP contribution in [0.3, 0.4) is 0 Å². The quantitative estimate of drug-likeness (QED) is 0.716. The Labute approximate surface area is 128 Å². The highest BCUT2D eigenvalue weighted by Crippen LogP contribution is 2.17. The molecule has 0 amide bonds. The summed E-state index contributed by atoms with van der Waals surface area (Å²) in [7, 11) is 3.46. The van der Waals surface area contributed by atoms with Crippen molar-refractivity contribution >= 4 is 5.69 Å². The molecule has 0 aliphatic rings. The maximum atomic E-state index is 5.28. The van der Waals surface area contributed by atoms with Crippen LogP contribution in [0.25, 0.3) is 0 Å². The molecule has 1 N–H and O–H groups in total. The summed E-state index contributed by atoms with van der Waals surface area (Å²) in [6, 6.07) is 4.92. The summed E-state index contributed by atoms with van der Waals surface area (Å²) in [6.45, 7) is 9.42. The summed E-state index contributed by atoms with van der Waals surface area (Å²) in [5.74, 6) is 0. The Hall–Kier alpha value is -1.17. The van der Waals surface area contributed by atoms with Gasteiger partial charge in [-0.2, -0.15) is 0 Å². The number of rotatable bonds is 10. The zero-order valence-electron chi connectivity index (χ0n) is 13.9. The lowest BCUT2D eigenvalue weighted by Gasteiger charge is -2.31. The standard InChI is InChI=1S/C16H29N3O2/c1-13(2)18-11-15-10-16(6-7-17-15)19(8-9-20-4)14(3)12-21-5/h6-7,10,13-14,18H,8-9,11-12H2,1-5H3. The Morgan fingerprint density at radius 1 is 1.24 bits per heavy atom. The molecule has 1 heterocycles. The molecule has 120 valence electrons. The van der Waals surface area contributed by atoms with Crippen LogP contribution in [0.1, 0.15) is 26.5 Å². The average Bonchev–Trinajstić information content (AvgIpc) is 2.46. The highest BCUT2D eigenvalue weighted by molar-refractivity contribution is 5.47. The van der Waals surface area contributed by atoms with Crippen molar-refractivity contribution in [1.82, 2.24) is 10.3 Å². The van der Waals surface area contributed by atoms with E-state index in [1.54, 1.807) is 14.2 Å². The number of nitrogens with zero attached hydrogens (tertiary/aromatic N) is 2. The Morgan fingerprint density at radius 2 is 2.00 bits per heavy atom. The zero-order valence-corrected chi connectivity index (χ0v) is 13.9. The largest absolute Gasteiger partial charge is 0.383 e. The molecule has 0 saturated heterocycles. The van der Waals surface area contributed by atoms with Crippen LogP contribution in [-0.4, -0.2) is 51.0 Å². The molecule has 5 nitrogen and oxygen atoms in total. The van der Waals surface area contributed by atoms with Gasteiger partial charge in [-0.15, -0.1) is 0 Å². The second kappa shape index (κ2) is 9.71. The summed E-state index contributed by atoms with van der Waals surface area (Å²) in [4.78, 5) is 6.73. The van der Waals surface area contributed by atoms with Crippen LogP contribution in [0.5, 0.6) is 0 Å². The number of hydrogen-bond acceptors (Lipinski definition) is 5. The second-order valence-corrected chi connectivity index (χ2v) is 5.53. The fourth-order valence-electron chi connectivity index (χ4n) is 2.17. The molecule has 0 bridgehead atoms. The molecule has 1 rings (SSSR count). The first kappa shape index (κ1) is 17.9. The molecule has 0 aliphatic heterocycles. The van der Waals surface area contributed by atoms with E-state index < -0.39 is 0 Å². The third-order valence-electron chi connectivity index (χ3n) is 3.30. The Kier molecular flexibility index (Phi) is 8.27. The highest BCUT2D eigenvalue weighted by Gasteiger charge is 2.15. The minimum atomic E-state index is 0.290. The van der Waals surface area contributed by atoms with Gasteiger partial charge in [-0.1, -0.05) is 13.8 Å². The molecule has 1 atom stereocenters. The summed E-state index contributed by atoms with van der Waals surface area (Å²) >= 11 is 0. The Morgan fingerprint density at radius 3 is 2.62 bits per heavy atom. The number of ether oxygens (including phenoxy) is 2. The maximum Gasteiger partial charge on any atom is 0.0663 e. The molecule has 0 aromatic carbocycles. The van der Waals surface area contributed by atoms with E-state index in [1.165, 1.54) is 0 Å². The van der Waals surface area contributed by atoms with E-state index in [0.29, 0.717) is 25.3 Å². The van der Waals surface area contributed by atoms with E-state index in [-0.39, 0.29) is 0 Å². The molecule has 0 fully saturated rings. The van der Waals surface area contributed by atoms with Gasteiger partial charge in [0.2, 0.25) is 0 Å². The average molecular weight is 295 g/mol. The smallest absolute Gasteiger partial charge is 0.0663 e. The summed E-state index contributed by atoms with van der Waals surface area (Å²) in [5.41, 5.74) is 2.21. The normalized spacial score (nSPS) is 12.7. The fraction of sp³-hybridized carbons (Fsp3) is 0.688. The summed E-state index contributed by atoms with van der Waals surface area (Å²) in [5, 5.41) is 3.40. The lowest BCUT2D eigenvalue weighted by atomic mass is 10.2. The van der Waals surface area contributed by atoms with Crippen LogP contribution in [-0.2, 0) is 16.0 Å². The number of aromatic nitrogens is 1. The molecule has 0 radical (unpaired) electrons. The van der Waals surface area contributed by atoms with Crippen LogP contribution >= 0.6 is 0 Å². The first-order valence-corrected chi connectivity index (χ1v) is 7.51. The second-order valence-electron chi connectivity index (χ2n) is 5.53. The van der Waals surface area contributed by atoms with E-state index >= 15 is 0 Å². The molecule has 0 aliphatic carbocycles. The zero-order chi connectivity index (χ0) is 15.7. The van der Waals surface area contributed by atoms with Crippen LogP contribution in [0, 0.1) is 0 Å². The number of nitrogens with one attached hydrogen (secondary N) is 1. The van der Waals surface area contributed by atoms with Crippen molar-refractivity contribution in [2.45, 2.75) is 39.4 Å². The molecule has 0 spiro atoms. The van der Waals surface area contributed by atoms with Crippen molar-refractivity contribution in [2.24, 2.45) is 0 Å². The van der Waals surface area contributed by atoms with Gasteiger partial charge in [0.15, 0.2) is 0 Å². The minimum absolute atomic E-state index is 0.290. The first-order valence-electron chi connectivity index (χ1n) is 7.51. The topological polar surface area (TPSA) is 46.6 Å². The van der Waals surface area contributed by atoms with E-state index in [4.69, 9.17) is 9.47 Å². The molecule has 5 heteroatoms. The van der Waals surface area contributed by atoms with E-state index in [1.807, 2.05) is 12.3 Å². The van der Waals surface area contributed by atoms with Crippen molar-refractivity contribution < 1.29 is 9.47 Å². The Bertz CT molecular complexity index is 399. The van der Waals surface area contributed by atoms with Crippen molar-refractivity contribution in [3.63, 3.8) is 0 Å². The van der Waals surface area contributed by atoms with Crippen LogP contribution in [0.2, 0.25) is 0 Å². The van der Waals surface area contributed by atoms with Gasteiger partial charge in [0, 0.05) is 51.3 Å². The van der Waals surface area contributed by atoms with E-state index in [2.05, 4.69) is 42.0 Å². The summed E-state index contributed by atoms with van der Waals surface area (Å²) < 4.78 is 10.5. The molecule has 1 unspecified atom stereocenters. The lowest BCUT2D eigenvalue weighted by molar-refractivity contribution is 0.171. The lowest BCUT2D eigenvalue weighted by Crippen LogP contribution is -2.38. The Balaban J connectivity index is 2.82. The van der Waals surface area contributed by atoms with Crippen LogP contribution in [0.15, 0.2) is 18.3 Å². The monoisotopic (exact) mass is 295 g/mol. The van der Waals surface area contributed by atoms with Crippen molar-refractivity contribution in [1.29, 1.82) is 0 Å². The van der Waals surface area contributed by atoms with E-state index in [0.717, 1.165) is 24.5 Å². The maximum absolute atomic E-state index is 5.28. The predicted molar refractivity (Wildman–Crippen MR) is 86.8 cm³/mol. The first-order chi connectivity index (χ1) is 10.1. The molecule has 0 saturated carbocycles. The van der Waals surface area contributed by atoms with Crippen molar-refractivity contribution in [3.8, 4) is 0 Å². The molecule has 21 heavy (non-hydrogen) atoms. The van der Waals surface area contributed by atoms with Crippen LogP contribution in [0.4, 0.5) is 5.69 Å². The molecular formula is C16H29N3O2.